The summed E-state index contributed by atoms with van der Waals surface area (Å²) in [6.45, 7) is 3.08. The van der Waals surface area contributed by atoms with E-state index in [1.165, 1.54) is 0 Å². The second-order valence-electron chi connectivity index (χ2n) is 5.52. The van der Waals surface area contributed by atoms with E-state index >= 15 is 0 Å². The molecule has 3 nitrogen and oxygen atoms in total. The van der Waals surface area contributed by atoms with Crippen LogP contribution in [0, 0.1) is 5.92 Å². The standard InChI is InChI=1S/C15H22F2N2O/c1-10-7-8-19(9-13(10)18)11(2)12-5-3-4-6-14(12)20-15(16)17/h3-6,10-11,13,15H,7-9,18H2,1-2H3. The number of halogens is 2. The van der Waals surface area contributed by atoms with Crippen LogP contribution in [0.25, 0.3) is 0 Å². The molecule has 2 N–H and O–H groups in total. The average Bonchev–Trinajstić information content (AvgIpc) is 2.41. The Morgan fingerprint density at radius 1 is 1.35 bits per heavy atom. The van der Waals surface area contributed by atoms with Crippen LogP contribution in [-0.4, -0.2) is 30.6 Å². The molecule has 2 rings (SSSR count). The number of piperidine rings is 1. The van der Waals surface area contributed by atoms with E-state index in [0.29, 0.717) is 5.92 Å². The van der Waals surface area contributed by atoms with Crippen molar-refractivity contribution < 1.29 is 13.5 Å². The lowest BCUT2D eigenvalue weighted by Gasteiger charge is -2.39. The minimum atomic E-state index is -2.80. The largest absolute Gasteiger partial charge is 0.434 e. The highest BCUT2D eigenvalue weighted by Gasteiger charge is 2.28. The monoisotopic (exact) mass is 284 g/mol. The van der Waals surface area contributed by atoms with Gasteiger partial charge in [-0.15, -0.1) is 0 Å². The van der Waals surface area contributed by atoms with Crippen LogP contribution in [0.15, 0.2) is 24.3 Å². The zero-order chi connectivity index (χ0) is 14.7. The number of rotatable bonds is 4. The van der Waals surface area contributed by atoms with Crippen LogP contribution in [0.1, 0.15) is 31.9 Å². The molecule has 0 radical (unpaired) electrons. The summed E-state index contributed by atoms with van der Waals surface area (Å²) >= 11 is 0. The highest BCUT2D eigenvalue weighted by molar-refractivity contribution is 5.35. The first-order chi connectivity index (χ1) is 9.49. The van der Waals surface area contributed by atoms with E-state index in [2.05, 4.69) is 16.6 Å². The Morgan fingerprint density at radius 3 is 2.70 bits per heavy atom. The molecule has 5 heteroatoms. The van der Waals surface area contributed by atoms with Gasteiger partial charge in [-0.2, -0.15) is 8.78 Å². The molecule has 1 aliphatic rings. The van der Waals surface area contributed by atoms with Gasteiger partial charge < -0.3 is 10.5 Å². The number of nitrogens with two attached hydrogens (primary N) is 1. The predicted molar refractivity (Wildman–Crippen MR) is 74.8 cm³/mol. The molecule has 3 unspecified atom stereocenters. The summed E-state index contributed by atoms with van der Waals surface area (Å²) in [7, 11) is 0. The number of benzene rings is 1. The maximum absolute atomic E-state index is 12.5. The van der Waals surface area contributed by atoms with Gasteiger partial charge in [-0.25, -0.2) is 0 Å². The highest BCUT2D eigenvalue weighted by atomic mass is 19.3. The van der Waals surface area contributed by atoms with E-state index in [0.717, 1.165) is 25.1 Å². The fraction of sp³-hybridized carbons (Fsp3) is 0.600. The molecule has 1 aromatic carbocycles. The lowest BCUT2D eigenvalue weighted by molar-refractivity contribution is -0.0512. The van der Waals surface area contributed by atoms with Crippen LogP contribution >= 0.6 is 0 Å². The van der Waals surface area contributed by atoms with E-state index < -0.39 is 6.61 Å². The van der Waals surface area contributed by atoms with Gasteiger partial charge in [0, 0.05) is 24.2 Å². The number of alkyl halides is 2. The zero-order valence-corrected chi connectivity index (χ0v) is 11.9. The van der Waals surface area contributed by atoms with Crippen LogP contribution in [0.2, 0.25) is 0 Å². The molecule has 1 fully saturated rings. The van der Waals surface area contributed by atoms with E-state index in [1.54, 1.807) is 12.1 Å². The first-order valence-electron chi connectivity index (χ1n) is 7.02. The fourth-order valence-electron chi connectivity index (χ4n) is 2.70. The number of likely N-dealkylation sites (tertiary alicyclic amines) is 1. The van der Waals surface area contributed by atoms with Crippen molar-refractivity contribution in [2.45, 2.75) is 39.0 Å². The van der Waals surface area contributed by atoms with E-state index in [1.807, 2.05) is 19.1 Å². The summed E-state index contributed by atoms with van der Waals surface area (Å²) in [4.78, 5) is 2.23. The quantitative estimate of drug-likeness (QED) is 0.923. The summed E-state index contributed by atoms with van der Waals surface area (Å²) in [5.41, 5.74) is 6.90. The summed E-state index contributed by atoms with van der Waals surface area (Å²) < 4.78 is 29.5. The predicted octanol–water partition coefficient (Wildman–Crippen LogP) is 3.02. The topological polar surface area (TPSA) is 38.5 Å². The molecule has 0 aliphatic carbocycles. The molecule has 20 heavy (non-hydrogen) atoms. The van der Waals surface area contributed by atoms with E-state index in [-0.39, 0.29) is 17.8 Å². The van der Waals surface area contributed by atoms with Gasteiger partial charge in [-0.3, -0.25) is 4.90 Å². The van der Waals surface area contributed by atoms with Gasteiger partial charge in [0.2, 0.25) is 0 Å². The van der Waals surface area contributed by atoms with Crippen molar-refractivity contribution in [3.8, 4) is 5.75 Å². The Morgan fingerprint density at radius 2 is 2.05 bits per heavy atom. The maximum atomic E-state index is 12.5. The van der Waals surface area contributed by atoms with Crippen molar-refractivity contribution in [3.05, 3.63) is 29.8 Å². The number of para-hydroxylation sites is 1. The lowest BCUT2D eigenvalue weighted by atomic mass is 9.92. The number of ether oxygens (including phenoxy) is 1. The van der Waals surface area contributed by atoms with Crippen LogP contribution in [0.3, 0.4) is 0 Å². The smallest absolute Gasteiger partial charge is 0.387 e. The minimum Gasteiger partial charge on any atom is -0.434 e. The Kier molecular flexibility index (Phi) is 4.94. The molecule has 3 atom stereocenters. The third kappa shape index (κ3) is 3.46. The van der Waals surface area contributed by atoms with Gasteiger partial charge in [0.25, 0.3) is 0 Å². The second kappa shape index (κ2) is 6.50. The van der Waals surface area contributed by atoms with Crippen LogP contribution < -0.4 is 10.5 Å². The Labute approximate surface area is 118 Å². The van der Waals surface area contributed by atoms with Crippen molar-refractivity contribution in [2.24, 2.45) is 11.7 Å². The van der Waals surface area contributed by atoms with Crippen molar-refractivity contribution in [1.29, 1.82) is 0 Å². The fourth-order valence-corrected chi connectivity index (χ4v) is 2.70. The van der Waals surface area contributed by atoms with Gasteiger partial charge in [0.15, 0.2) is 0 Å². The SMILES string of the molecule is CC1CCN(C(C)c2ccccc2OC(F)F)CC1N. The summed E-state index contributed by atoms with van der Waals surface area (Å²) in [5.74, 6) is 0.758. The highest BCUT2D eigenvalue weighted by Crippen LogP contribution is 2.32. The normalized spacial score (nSPS) is 25.7. The zero-order valence-electron chi connectivity index (χ0n) is 11.9. The average molecular weight is 284 g/mol. The Hall–Kier alpha value is -1.20. The molecule has 1 saturated heterocycles. The van der Waals surface area contributed by atoms with Crippen molar-refractivity contribution in [1.82, 2.24) is 4.90 Å². The summed E-state index contributed by atoms with van der Waals surface area (Å²) in [6.07, 6.45) is 1.03. The summed E-state index contributed by atoms with van der Waals surface area (Å²) in [5, 5.41) is 0. The van der Waals surface area contributed by atoms with Crippen LogP contribution in [-0.2, 0) is 0 Å². The molecule has 0 spiro atoms. The molecule has 0 bridgehead atoms. The van der Waals surface area contributed by atoms with E-state index in [4.69, 9.17) is 5.73 Å². The van der Waals surface area contributed by atoms with Crippen LogP contribution in [0.5, 0.6) is 5.75 Å². The molecule has 0 aromatic heterocycles. The first-order valence-corrected chi connectivity index (χ1v) is 7.02. The van der Waals surface area contributed by atoms with Gasteiger partial charge >= 0.3 is 6.61 Å². The van der Waals surface area contributed by atoms with Crippen LogP contribution in [0.4, 0.5) is 8.78 Å². The summed E-state index contributed by atoms with van der Waals surface area (Å²) in [6, 6.07) is 7.13. The molecule has 1 heterocycles. The van der Waals surface area contributed by atoms with Crippen molar-refractivity contribution >= 4 is 0 Å². The molecule has 0 amide bonds. The van der Waals surface area contributed by atoms with E-state index in [9.17, 15) is 8.78 Å². The Balaban J connectivity index is 2.14. The number of nitrogens with zero attached hydrogens (tertiary/aromatic N) is 1. The molecular weight excluding hydrogens is 262 g/mol. The number of hydrogen-bond donors (Lipinski definition) is 1. The Bertz CT molecular complexity index is 442. The molecule has 1 aliphatic heterocycles. The molecule has 0 saturated carbocycles. The lowest BCUT2D eigenvalue weighted by Crippen LogP contribution is -2.48. The van der Waals surface area contributed by atoms with Crippen molar-refractivity contribution in [2.75, 3.05) is 13.1 Å². The van der Waals surface area contributed by atoms with Gasteiger partial charge in [-0.05, 0) is 31.9 Å². The van der Waals surface area contributed by atoms with Gasteiger partial charge in [0.1, 0.15) is 5.75 Å². The molecule has 1 aromatic rings. The maximum Gasteiger partial charge on any atom is 0.387 e. The van der Waals surface area contributed by atoms with Gasteiger partial charge in [-0.1, -0.05) is 25.1 Å². The van der Waals surface area contributed by atoms with Gasteiger partial charge in [0.05, 0.1) is 0 Å². The molecule has 112 valence electrons. The van der Waals surface area contributed by atoms with Crippen molar-refractivity contribution in [3.63, 3.8) is 0 Å². The molecular formula is C15H22F2N2O. The number of hydrogen-bond acceptors (Lipinski definition) is 3. The minimum absolute atomic E-state index is 0.0171. The first kappa shape index (κ1) is 15.2. The third-order valence-corrected chi connectivity index (χ3v) is 4.18. The third-order valence-electron chi connectivity index (χ3n) is 4.18. The second-order valence-corrected chi connectivity index (χ2v) is 5.52.